The zero-order valence-electron chi connectivity index (χ0n) is 17.4. The average Bonchev–Trinajstić information content (AvgIpc) is 3.45. The van der Waals surface area contributed by atoms with E-state index in [2.05, 4.69) is 16.4 Å². The Morgan fingerprint density at radius 3 is 2.94 bits per heavy atom. The first-order valence-corrected chi connectivity index (χ1v) is 11.2. The monoisotopic (exact) mass is 446 g/mol. The van der Waals surface area contributed by atoms with Crippen LogP contribution in [0.15, 0.2) is 60.5 Å². The molecule has 7 nitrogen and oxygen atoms in total. The Bertz CT molecular complexity index is 1140. The molecule has 2 aromatic rings. The Kier molecular flexibility index (Phi) is 6.78. The Morgan fingerprint density at radius 1 is 1.34 bits per heavy atom. The summed E-state index contributed by atoms with van der Waals surface area (Å²) in [6.45, 7) is 1.13. The molecule has 162 valence electrons. The highest BCUT2D eigenvalue weighted by molar-refractivity contribution is 7.16. The van der Waals surface area contributed by atoms with Crippen molar-refractivity contribution in [3.63, 3.8) is 0 Å². The van der Waals surface area contributed by atoms with Gasteiger partial charge in [-0.15, -0.1) is 11.3 Å². The van der Waals surface area contributed by atoms with E-state index >= 15 is 0 Å². The second-order valence-corrected chi connectivity index (χ2v) is 8.48. The molecule has 1 N–H and O–H groups in total. The maximum Gasteiger partial charge on any atom is 0.410 e. The van der Waals surface area contributed by atoms with E-state index in [1.165, 1.54) is 17.4 Å². The van der Waals surface area contributed by atoms with E-state index in [9.17, 15) is 14.9 Å². The van der Waals surface area contributed by atoms with E-state index in [-0.39, 0.29) is 12.0 Å². The van der Waals surface area contributed by atoms with E-state index in [0.717, 1.165) is 28.0 Å². The van der Waals surface area contributed by atoms with E-state index < -0.39 is 0 Å². The minimum absolute atomic E-state index is 0.284. The number of hydrogen-bond acceptors (Lipinski definition) is 6. The van der Waals surface area contributed by atoms with Crippen molar-refractivity contribution in [1.82, 2.24) is 9.88 Å². The van der Waals surface area contributed by atoms with Crippen LogP contribution < -0.4 is 5.32 Å². The lowest BCUT2D eigenvalue weighted by molar-refractivity contribution is -0.111. The number of allylic oxidation sites excluding steroid dienone is 5. The van der Waals surface area contributed by atoms with Gasteiger partial charge in [-0.2, -0.15) is 5.26 Å². The second-order valence-electron chi connectivity index (χ2n) is 7.38. The van der Waals surface area contributed by atoms with Crippen LogP contribution in [-0.4, -0.2) is 35.0 Å². The summed E-state index contributed by atoms with van der Waals surface area (Å²) in [5, 5.41) is 13.0. The molecule has 0 saturated heterocycles. The zero-order chi connectivity index (χ0) is 22.3. The van der Waals surface area contributed by atoms with Crippen LogP contribution in [0.4, 0.5) is 9.80 Å². The number of thiophene rings is 1. The van der Waals surface area contributed by atoms with Crippen molar-refractivity contribution >= 4 is 28.3 Å². The summed E-state index contributed by atoms with van der Waals surface area (Å²) in [5.74, 6) is -0.284. The predicted molar refractivity (Wildman–Crippen MR) is 122 cm³/mol. The van der Waals surface area contributed by atoms with Crippen LogP contribution >= 0.6 is 11.3 Å². The van der Waals surface area contributed by atoms with E-state index in [4.69, 9.17) is 4.74 Å². The normalized spacial score (nSPS) is 14.7. The van der Waals surface area contributed by atoms with Gasteiger partial charge in [0.25, 0.3) is 0 Å². The standard InChI is InChI=1S/C24H22N4O3S/c25-15-20-19-9-13-28(24(30)31-14-10-18-7-11-26-12-8-18)16-21(19)32-23(20)27-22(29)6-5-17-3-1-2-4-17/h1,3-8,11-12H,2,9-10,13-14,16H2,(H,27,29)/b6-5+. The van der Waals surface area contributed by atoms with Gasteiger partial charge in [0.05, 0.1) is 18.7 Å². The third-order valence-corrected chi connectivity index (χ3v) is 6.39. The number of pyridine rings is 1. The molecule has 1 aliphatic heterocycles. The number of nitrogens with zero attached hydrogens (tertiary/aromatic N) is 3. The molecule has 2 aliphatic rings. The van der Waals surface area contributed by atoms with E-state index in [1.807, 2.05) is 30.4 Å². The SMILES string of the molecule is N#Cc1c(NC(=O)/C=C/C2=CCC=C2)sc2c1CCN(C(=O)OCCc1ccncc1)C2. The molecule has 0 aromatic carbocycles. The molecular weight excluding hydrogens is 424 g/mol. The van der Waals surface area contributed by atoms with E-state index in [0.29, 0.717) is 43.1 Å². The van der Waals surface area contributed by atoms with Crippen molar-refractivity contribution in [1.29, 1.82) is 5.26 Å². The van der Waals surface area contributed by atoms with Crippen molar-refractivity contribution in [2.45, 2.75) is 25.8 Å². The van der Waals surface area contributed by atoms with Gasteiger partial charge in [-0.3, -0.25) is 9.78 Å². The van der Waals surface area contributed by atoms with Crippen molar-refractivity contribution in [2.75, 3.05) is 18.5 Å². The highest BCUT2D eigenvalue weighted by Crippen LogP contribution is 2.36. The van der Waals surface area contributed by atoms with Gasteiger partial charge in [0.1, 0.15) is 11.1 Å². The minimum Gasteiger partial charge on any atom is -0.449 e. The quantitative estimate of drug-likeness (QED) is 0.673. The van der Waals surface area contributed by atoms with Gasteiger partial charge in [0.2, 0.25) is 5.91 Å². The zero-order valence-corrected chi connectivity index (χ0v) is 18.2. The van der Waals surface area contributed by atoms with Crippen LogP contribution in [0.25, 0.3) is 0 Å². The summed E-state index contributed by atoms with van der Waals surface area (Å²) in [6, 6.07) is 5.99. The molecule has 0 unspecified atom stereocenters. The van der Waals surface area contributed by atoms with Crippen molar-refractivity contribution in [2.24, 2.45) is 0 Å². The molecule has 8 heteroatoms. The summed E-state index contributed by atoms with van der Waals surface area (Å²) in [7, 11) is 0. The number of nitrogens with one attached hydrogen (secondary N) is 1. The number of anilines is 1. The average molecular weight is 447 g/mol. The largest absolute Gasteiger partial charge is 0.449 e. The summed E-state index contributed by atoms with van der Waals surface area (Å²) < 4.78 is 5.43. The number of aromatic nitrogens is 1. The van der Waals surface area contributed by atoms with Crippen LogP contribution in [0, 0.1) is 11.3 Å². The number of ether oxygens (including phenoxy) is 1. The Balaban J connectivity index is 1.36. The third kappa shape index (κ3) is 5.13. The summed E-state index contributed by atoms with van der Waals surface area (Å²) in [4.78, 5) is 31.3. The molecule has 0 spiro atoms. The Morgan fingerprint density at radius 2 is 2.19 bits per heavy atom. The van der Waals surface area contributed by atoms with Crippen LogP contribution in [0.5, 0.6) is 0 Å². The molecule has 3 heterocycles. The third-order valence-electron chi connectivity index (χ3n) is 5.26. The van der Waals surface area contributed by atoms with Gasteiger partial charge in [0.15, 0.2) is 0 Å². The van der Waals surface area contributed by atoms with Crippen LogP contribution in [0.3, 0.4) is 0 Å². The van der Waals surface area contributed by atoms with Gasteiger partial charge in [-0.25, -0.2) is 4.79 Å². The summed E-state index contributed by atoms with van der Waals surface area (Å²) >= 11 is 1.34. The Labute approximate surface area is 190 Å². The van der Waals surface area contributed by atoms with Gasteiger partial charge in [-0.05, 0) is 47.8 Å². The van der Waals surface area contributed by atoms with Crippen molar-refractivity contribution in [3.8, 4) is 6.07 Å². The molecule has 0 fully saturated rings. The molecule has 0 atom stereocenters. The maximum absolute atomic E-state index is 12.5. The first-order chi connectivity index (χ1) is 15.6. The van der Waals surface area contributed by atoms with Gasteiger partial charge in [0, 0.05) is 36.3 Å². The fraction of sp³-hybridized carbons (Fsp3) is 0.250. The fourth-order valence-electron chi connectivity index (χ4n) is 3.59. The smallest absolute Gasteiger partial charge is 0.410 e. The van der Waals surface area contributed by atoms with Gasteiger partial charge < -0.3 is 15.0 Å². The molecule has 0 radical (unpaired) electrons. The van der Waals surface area contributed by atoms with Crippen molar-refractivity contribution < 1.29 is 14.3 Å². The number of amides is 2. The topological polar surface area (TPSA) is 95.3 Å². The summed E-state index contributed by atoms with van der Waals surface area (Å²) in [6.07, 6.45) is 14.3. The lowest BCUT2D eigenvalue weighted by atomic mass is 10.0. The van der Waals surface area contributed by atoms with Crippen LogP contribution in [0.1, 0.15) is 28.0 Å². The first kappa shape index (κ1) is 21.5. The van der Waals surface area contributed by atoms with Gasteiger partial charge >= 0.3 is 6.09 Å². The Hall–Kier alpha value is -3.70. The maximum atomic E-state index is 12.5. The van der Waals surface area contributed by atoms with Crippen LogP contribution in [0.2, 0.25) is 0 Å². The molecule has 2 amide bonds. The fourth-order valence-corrected chi connectivity index (χ4v) is 4.80. The predicted octanol–water partition coefficient (Wildman–Crippen LogP) is 4.13. The molecule has 32 heavy (non-hydrogen) atoms. The summed E-state index contributed by atoms with van der Waals surface area (Å²) in [5.41, 5.74) is 3.43. The van der Waals surface area contributed by atoms with Crippen LogP contribution in [-0.2, 0) is 28.9 Å². The second kappa shape index (κ2) is 10.1. The molecule has 2 aromatic heterocycles. The van der Waals surface area contributed by atoms with E-state index in [1.54, 1.807) is 23.4 Å². The minimum atomic E-state index is -0.372. The number of rotatable bonds is 6. The van der Waals surface area contributed by atoms with Crippen molar-refractivity contribution in [3.05, 3.63) is 82.0 Å². The lowest BCUT2D eigenvalue weighted by Gasteiger charge is -2.26. The molecule has 1 aliphatic carbocycles. The first-order valence-electron chi connectivity index (χ1n) is 10.3. The molecule has 4 rings (SSSR count). The number of carbonyl (C=O) groups is 2. The molecular formula is C24H22N4O3S. The number of hydrogen-bond donors (Lipinski definition) is 1. The highest BCUT2D eigenvalue weighted by atomic mass is 32.1. The molecule has 0 saturated carbocycles. The number of carbonyl (C=O) groups excluding carboxylic acids is 2. The van der Waals surface area contributed by atoms with Gasteiger partial charge in [-0.1, -0.05) is 18.2 Å². The molecule has 0 bridgehead atoms. The highest BCUT2D eigenvalue weighted by Gasteiger charge is 2.28. The number of nitriles is 1. The number of fused-ring (bicyclic) bond motifs is 1. The lowest BCUT2D eigenvalue weighted by Crippen LogP contribution is -2.36.